The summed E-state index contributed by atoms with van der Waals surface area (Å²) in [4.78, 5) is 19.6. The maximum absolute atomic E-state index is 13.9. The minimum atomic E-state index is -0.488. The van der Waals surface area contributed by atoms with Crippen LogP contribution in [0.1, 0.15) is 10.5 Å². The second-order valence-corrected chi connectivity index (χ2v) is 4.24. The Hall–Kier alpha value is -2.83. The molecular formula is C13H10FN5O. The Kier molecular flexibility index (Phi) is 2.86. The lowest BCUT2D eigenvalue weighted by Gasteiger charge is -2.04. The predicted octanol–water partition coefficient (Wildman–Crippen LogP) is 1.75. The molecule has 0 spiro atoms. The zero-order valence-electron chi connectivity index (χ0n) is 10.5. The Bertz CT molecular complexity index is 784. The molecule has 0 aliphatic heterocycles. The minimum Gasteiger partial charge on any atom is -0.320 e. The standard InChI is InChI=1S/C13H10FN5O/c1-19-7-8-4-9(5-10(14)12(8)18-19)17-13(20)11-6-15-2-3-16-11/h2-7H,1H3,(H,17,20). The number of rotatable bonds is 2. The molecule has 1 N–H and O–H groups in total. The maximum atomic E-state index is 13.9. The van der Waals surface area contributed by atoms with E-state index >= 15 is 0 Å². The van der Waals surface area contributed by atoms with Crippen LogP contribution in [0, 0.1) is 5.82 Å². The number of nitrogens with one attached hydrogen (secondary N) is 1. The van der Waals surface area contributed by atoms with Crippen LogP contribution >= 0.6 is 0 Å². The zero-order chi connectivity index (χ0) is 14.1. The van der Waals surface area contributed by atoms with Crippen molar-refractivity contribution in [2.24, 2.45) is 7.05 Å². The van der Waals surface area contributed by atoms with Crippen molar-refractivity contribution >= 4 is 22.5 Å². The van der Waals surface area contributed by atoms with E-state index < -0.39 is 11.7 Å². The number of hydrogen-bond donors (Lipinski definition) is 1. The van der Waals surface area contributed by atoms with Crippen molar-refractivity contribution in [2.45, 2.75) is 0 Å². The third kappa shape index (κ3) is 2.20. The summed E-state index contributed by atoms with van der Waals surface area (Å²) in [6, 6.07) is 2.88. The van der Waals surface area contributed by atoms with Gasteiger partial charge in [-0.05, 0) is 12.1 Å². The quantitative estimate of drug-likeness (QED) is 0.770. The summed E-state index contributed by atoms with van der Waals surface area (Å²) in [7, 11) is 1.71. The number of amides is 1. The molecule has 2 heterocycles. The van der Waals surface area contributed by atoms with Gasteiger partial charge in [-0.25, -0.2) is 9.37 Å². The van der Waals surface area contributed by atoms with Crippen LogP contribution in [0.4, 0.5) is 10.1 Å². The van der Waals surface area contributed by atoms with Crippen LogP contribution in [0.5, 0.6) is 0 Å². The van der Waals surface area contributed by atoms with Crippen molar-refractivity contribution in [3.63, 3.8) is 0 Å². The topological polar surface area (TPSA) is 72.7 Å². The second-order valence-electron chi connectivity index (χ2n) is 4.24. The third-order valence-electron chi connectivity index (χ3n) is 2.73. The van der Waals surface area contributed by atoms with E-state index in [0.29, 0.717) is 11.1 Å². The molecule has 100 valence electrons. The molecule has 0 aliphatic carbocycles. The lowest BCUT2D eigenvalue weighted by Crippen LogP contribution is -2.13. The van der Waals surface area contributed by atoms with E-state index in [1.54, 1.807) is 19.3 Å². The second kappa shape index (κ2) is 4.69. The minimum absolute atomic E-state index is 0.166. The lowest BCUT2D eigenvalue weighted by atomic mass is 10.2. The first-order valence-electron chi connectivity index (χ1n) is 5.84. The van der Waals surface area contributed by atoms with Crippen molar-refractivity contribution in [3.8, 4) is 0 Å². The molecule has 3 rings (SSSR count). The molecule has 0 bridgehead atoms. The molecule has 6 nitrogen and oxygen atoms in total. The first-order valence-corrected chi connectivity index (χ1v) is 5.84. The molecule has 1 aromatic carbocycles. The van der Waals surface area contributed by atoms with Crippen molar-refractivity contribution in [2.75, 3.05) is 5.32 Å². The molecule has 0 saturated carbocycles. The van der Waals surface area contributed by atoms with Gasteiger partial charge in [0.25, 0.3) is 5.91 Å². The molecule has 0 aliphatic rings. The summed E-state index contributed by atoms with van der Waals surface area (Å²) in [5.41, 5.74) is 0.780. The van der Waals surface area contributed by atoms with Crippen molar-refractivity contribution < 1.29 is 9.18 Å². The predicted molar refractivity (Wildman–Crippen MR) is 70.7 cm³/mol. The zero-order valence-corrected chi connectivity index (χ0v) is 10.5. The smallest absolute Gasteiger partial charge is 0.275 e. The SMILES string of the molecule is Cn1cc2cc(NC(=O)c3cnccn3)cc(F)c2n1. The van der Waals surface area contributed by atoms with Crippen LogP contribution in [-0.4, -0.2) is 25.7 Å². The lowest BCUT2D eigenvalue weighted by molar-refractivity contribution is 0.102. The average molecular weight is 271 g/mol. The van der Waals surface area contributed by atoms with Gasteiger partial charge in [-0.15, -0.1) is 0 Å². The fourth-order valence-electron chi connectivity index (χ4n) is 1.90. The fraction of sp³-hybridized carbons (Fsp3) is 0.0769. The molecule has 0 saturated heterocycles. The van der Waals surface area contributed by atoms with Crippen LogP contribution in [0.2, 0.25) is 0 Å². The van der Waals surface area contributed by atoms with Crippen LogP contribution in [0.15, 0.2) is 36.9 Å². The average Bonchev–Trinajstić information content (AvgIpc) is 2.81. The van der Waals surface area contributed by atoms with Gasteiger partial charge in [0.15, 0.2) is 5.82 Å². The highest BCUT2D eigenvalue weighted by molar-refractivity contribution is 6.03. The highest BCUT2D eigenvalue weighted by Crippen LogP contribution is 2.21. The summed E-state index contributed by atoms with van der Waals surface area (Å²) >= 11 is 0. The van der Waals surface area contributed by atoms with Crippen molar-refractivity contribution in [1.82, 2.24) is 19.7 Å². The van der Waals surface area contributed by atoms with Gasteiger partial charge in [-0.3, -0.25) is 14.5 Å². The van der Waals surface area contributed by atoms with Gasteiger partial charge in [0.1, 0.15) is 11.2 Å². The van der Waals surface area contributed by atoms with E-state index in [1.165, 1.54) is 29.3 Å². The summed E-state index contributed by atoms with van der Waals surface area (Å²) in [6.45, 7) is 0. The number of benzene rings is 1. The Morgan fingerprint density at radius 2 is 2.20 bits per heavy atom. The van der Waals surface area contributed by atoms with E-state index in [2.05, 4.69) is 20.4 Å². The Morgan fingerprint density at radius 3 is 2.95 bits per heavy atom. The first kappa shape index (κ1) is 12.2. The number of aryl methyl sites for hydroxylation is 1. The Morgan fingerprint density at radius 1 is 1.35 bits per heavy atom. The maximum Gasteiger partial charge on any atom is 0.275 e. The summed E-state index contributed by atoms with van der Waals surface area (Å²) in [6.07, 6.45) is 5.91. The molecular weight excluding hydrogens is 261 g/mol. The monoisotopic (exact) mass is 271 g/mol. The van der Waals surface area contributed by atoms with Crippen LogP contribution in [0.25, 0.3) is 10.9 Å². The number of aromatic nitrogens is 4. The van der Waals surface area contributed by atoms with Crippen molar-refractivity contribution in [1.29, 1.82) is 0 Å². The number of carbonyl (C=O) groups is 1. The summed E-state index contributed by atoms with van der Waals surface area (Å²) < 4.78 is 15.4. The van der Waals surface area contributed by atoms with E-state index in [1.807, 2.05) is 0 Å². The van der Waals surface area contributed by atoms with Gasteiger partial charge in [-0.1, -0.05) is 0 Å². The number of carbonyl (C=O) groups excluding carboxylic acids is 1. The molecule has 0 fully saturated rings. The number of hydrogen-bond acceptors (Lipinski definition) is 4. The molecule has 1 amide bonds. The summed E-state index contributed by atoms with van der Waals surface area (Å²) in [5.74, 6) is -0.932. The Balaban J connectivity index is 1.93. The molecule has 2 aromatic heterocycles. The number of fused-ring (bicyclic) bond motifs is 1. The molecule has 7 heteroatoms. The van der Waals surface area contributed by atoms with E-state index in [0.717, 1.165) is 0 Å². The van der Waals surface area contributed by atoms with Crippen molar-refractivity contribution in [3.05, 3.63) is 48.4 Å². The third-order valence-corrected chi connectivity index (χ3v) is 2.73. The van der Waals surface area contributed by atoms with Crippen LogP contribution in [0.3, 0.4) is 0 Å². The van der Waals surface area contributed by atoms with Crippen LogP contribution in [-0.2, 0) is 7.05 Å². The van der Waals surface area contributed by atoms with Gasteiger partial charge in [0.05, 0.1) is 6.20 Å². The molecule has 0 radical (unpaired) electrons. The molecule has 0 atom stereocenters. The largest absolute Gasteiger partial charge is 0.320 e. The van der Waals surface area contributed by atoms with E-state index in [9.17, 15) is 9.18 Å². The van der Waals surface area contributed by atoms with Gasteiger partial charge in [0.2, 0.25) is 0 Å². The molecule has 0 unspecified atom stereocenters. The Labute approximate surface area is 113 Å². The normalized spacial score (nSPS) is 10.7. The number of anilines is 1. The van der Waals surface area contributed by atoms with Gasteiger partial charge in [-0.2, -0.15) is 5.10 Å². The summed E-state index contributed by atoms with van der Waals surface area (Å²) in [5, 5.41) is 7.19. The fourth-order valence-corrected chi connectivity index (χ4v) is 1.90. The molecule has 3 aromatic rings. The van der Waals surface area contributed by atoms with E-state index in [-0.39, 0.29) is 11.2 Å². The van der Waals surface area contributed by atoms with Gasteiger partial charge in [0, 0.05) is 36.7 Å². The first-order chi connectivity index (χ1) is 9.63. The van der Waals surface area contributed by atoms with Gasteiger partial charge >= 0.3 is 0 Å². The molecule has 20 heavy (non-hydrogen) atoms. The van der Waals surface area contributed by atoms with E-state index in [4.69, 9.17) is 0 Å². The van der Waals surface area contributed by atoms with Crippen LogP contribution < -0.4 is 5.32 Å². The number of halogens is 1. The highest BCUT2D eigenvalue weighted by atomic mass is 19.1. The van der Waals surface area contributed by atoms with Gasteiger partial charge < -0.3 is 5.32 Å². The highest BCUT2D eigenvalue weighted by Gasteiger charge is 2.11. The number of nitrogens with zero attached hydrogens (tertiary/aromatic N) is 4.